The van der Waals surface area contributed by atoms with Crippen LogP contribution in [0.2, 0.25) is 0 Å². The van der Waals surface area contributed by atoms with E-state index in [1.807, 2.05) is 0 Å². The molecule has 0 amide bonds. The molecule has 102 valence electrons. The van der Waals surface area contributed by atoms with Crippen LogP contribution in [0, 0.1) is 0 Å². The van der Waals surface area contributed by atoms with Crippen molar-refractivity contribution in [3.63, 3.8) is 0 Å². The lowest BCUT2D eigenvalue weighted by molar-refractivity contribution is -0.137. The lowest BCUT2D eigenvalue weighted by Gasteiger charge is -2.13. The summed E-state index contributed by atoms with van der Waals surface area (Å²) in [7, 11) is 0. The predicted octanol–water partition coefficient (Wildman–Crippen LogP) is 3.83. The Morgan fingerprint density at radius 1 is 0.950 bits per heavy atom. The zero-order valence-corrected chi connectivity index (χ0v) is 10.2. The monoisotopic (exact) mass is 277 g/mol. The molecule has 0 bridgehead atoms. The van der Waals surface area contributed by atoms with Gasteiger partial charge in [0.25, 0.3) is 0 Å². The van der Waals surface area contributed by atoms with Gasteiger partial charge in [-0.3, -0.25) is 5.10 Å². The molecular weight excluding hydrogens is 267 g/mol. The number of aromatic amines is 1. The fraction of sp³-hybridized carbons (Fsp3) is 0.0714. The van der Waals surface area contributed by atoms with E-state index in [1.165, 1.54) is 12.1 Å². The number of fused-ring (bicyclic) bond motifs is 1. The van der Waals surface area contributed by atoms with Crippen LogP contribution in [0.4, 0.5) is 19.0 Å². The van der Waals surface area contributed by atoms with Crippen molar-refractivity contribution in [2.75, 3.05) is 5.73 Å². The van der Waals surface area contributed by atoms with E-state index in [0.717, 1.165) is 6.07 Å². The van der Waals surface area contributed by atoms with E-state index in [0.29, 0.717) is 16.5 Å². The Balaban J connectivity index is 2.35. The Hall–Kier alpha value is -2.50. The number of anilines is 1. The van der Waals surface area contributed by atoms with E-state index >= 15 is 0 Å². The van der Waals surface area contributed by atoms with Crippen molar-refractivity contribution in [1.82, 2.24) is 10.2 Å². The average Bonchev–Trinajstić information content (AvgIpc) is 2.80. The number of nitrogens with zero attached hydrogens (tertiary/aromatic N) is 1. The zero-order valence-electron chi connectivity index (χ0n) is 10.2. The van der Waals surface area contributed by atoms with Crippen molar-refractivity contribution in [3.05, 3.63) is 48.0 Å². The van der Waals surface area contributed by atoms with Gasteiger partial charge in [0.15, 0.2) is 5.82 Å². The normalized spacial score (nSPS) is 11.9. The molecule has 0 atom stereocenters. The van der Waals surface area contributed by atoms with Gasteiger partial charge in [-0.05, 0) is 23.3 Å². The van der Waals surface area contributed by atoms with Crippen LogP contribution in [0.25, 0.3) is 22.0 Å². The molecule has 0 radical (unpaired) electrons. The van der Waals surface area contributed by atoms with Crippen LogP contribution >= 0.6 is 0 Å². The zero-order chi connectivity index (χ0) is 14.3. The van der Waals surface area contributed by atoms with Gasteiger partial charge in [-0.15, -0.1) is 0 Å². The Morgan fingerprint density at radius 2 is 1.65 bits per heavy atom. The predicted molar refractivity (Wildman–Crippen MR) is 70.9 cm³/mol. The summed E-state index contributed by atoms with van der Waals surface area (Å²) in [6.07, 6.45) is -4.42. The van der Waals surface area contributed by atoms with Gasteiger partial charge < -0.3 is 5.73 Å². The molecule has 3 N–H and O–H groups in total. The summed E-state index contributed by atoms with van der Waals surface area (Å²) in [5, 5.41) is 7.05. The first kappa shape index (κ1) is 12.5. The molecule has 0 aliphatic heterocycles. The molecule has 1 heterocycles. The second kappa shape index (κ2) is 4.26. The van der Waals surface area contributed by atoms with Crippen LogP contribution in [-0.4, -0.2) is 10.2 Å². The van der Waals surface area contributed by atoms with E-state index in [2.05, 4.69) is 10.2 Å². The number of halogens is 3. The number of aromatic nitrogens is 2. The molecule has 3 nitrogen and oxygen atoms in total. The highest BCUT2D eigenvalue weighted by atomic mass is 19.4. The van der Waals surface area contributed by atoms with Gasteiger partial charge in [0.05, 0.1) is 16.5 Å². The number of nitrogens with one attached hydrogen (secondary N) is 1. The first-order chi connectivity index (χ1) is 9.48. The summed E-state index contributed by atoms with van der Waals surface area (Å²) in [6, 6.07) is 10.4. The van der Waals surface area contributed by atoms with Crippen molar-refractivity contribution < 1.29 is 13.2 Å². The third kappa shape index (κ3) is 1.89. The van der Waals surface area contributed by atoms with Crippen LogP contribution in [0.3, 0.4) is 0 Å². The number of nitrogen functional groups attached to an aromatic ring is 1. The summed E-state index contributed by atoms with van der Waals surface area (Å²) < 4.78 is 39.3. The molecule has 2 aromatic carbocycles. The highest BCUT2D eigenvalue weighted by Gasteiger charge is 2.33. The molecule has 20 heavy (non-hydrogen) atoms. The van der Waals surface area contributed by atoms with Crippen LogP contribution in [0.5, 0.6) is 0 Å². The summed E-state index contributed by atoms with van der Waals surface area (Å²) in [5.41, 5.74) is 6.19. The SMILES string of the molecule is Nc1n[nH]c2cccc(-c3ccccc3C(F)(F)F)c12. The number of hydrogen-bond donors (Lipinski definition) is 2. The molecule has 0 unspecified atom stereocenters. The molecule has 0 saturated carbocycles. The average molecular weight is 277 g/mol. The third-order valence-corrected chi connectivity index (χ3v) is 3.14. The lowest BCUT2D eigenvalue weighted by Crippen LogP contribution is -2.07. The minimum absolute atomic E-state index is 0.0960. The topological polar surface area (TPSA) is 54.7 Å². The molecule has 3 aromatic rings. The largest absolute Gasteiger partial charge is 0.417 e. The summed E-state index contributed by atoms with van der Waals surface area (Å²) in [4.78, 5) is 0. The molecule has 6 heteroatoms. The van der Waals surface area contributed by atoms with Gasteiger partial charge in [0.2, 0.25) is 0 Å². The molecule has 0 aliphatic rings. The van der Waals surface area contributed by atoms with Crippen LogP contribution < -0.4 is 5.73 Å². The fourth-order valence-corrected chi connectivity index (χ4v) is 2.29. The van der Waals surface area contributed by atoms with Crippen LogP contribution in [-0.2, 0) is 6.18 Å². The first-order valence-electron chi connectivity index (χ1n) is 5.87. The first-order valence-corrected chi connectivity index (χ1v) is 5.87. The van der Waals surface area contributed by atoms with E-state index in [-0.39, 0.29) is 11.4 Å². The standard InChI is InChI=1S/C14H10F3N3/c15-14(16,17)10-6-2-1-4-8(10)9-5-3-7-11-12(9)13(18)20-19-11/h1-7H,(H3,18,19,20). The highest BCUT2D eigenvalue weighted by molar-refractivity contribution is 6.02. The van der Waals surface area contributed by atoms with Crippen molar-refractivity contribution in [2.45, 2.75) is 6.18 Å². The smallest absolute Gasteiger partial charge is 0.382 e. The van der Waals surface area contributed by atoms with Gasteiger partial charge in [-0.1, -0.05) is 30.3 Å². The second-order valence-electron chi connectivity index (χ2n) is 4.38. The maximum atomic E-state index is 13.1. The minimum atomic E-state index is -4.42. The van der Waals surface area contributed by atoms with Gasteiger partial charge >= 0.3 is 6.18 Å². The fourth-order valence-electron chi connectivity index (χ4n) is 2.29. The Kier molecular flexibility index (Phi) is 2.67. The molecule has 0 aliphatic carbocycles. The Morgan fingerprint density at radius 3 is 2.40 bits per heavy atom. The van der Waals surface area contributed by atoms with E-state index in [4.69, 9.17) is 5.73 Å². The molecule has 3 rings (SSSR count). The minimum Gasteiger partial charge on any atom is -0.382 e. The summed E-state index contributed by atoms with van der Waals surface area (Å²) in [6.45, 7) is 0. The van der Waals surface area contributed by atoms with Crippen molar-refractivity contribution in [1.29, 1.82) is 0 Å². The van der Waals surface area contributed by atoms with Crippen molar-refractivity contribution >= 4 is 16.7 Å². The van der Waals surface area contributed by atoms with Gasteiger partial charge in [-0.25, -0.2) is 0 Å². The number of hydrogen-bond acceptors (Lipinski definition) is 2. The van der Waals surface area contributed by atoms with E-state index in [9.17, 15) is 13.2 Å². The maximum absolute atomic E-state index is 13.1. The van der Waals surface area contributed by atoms with Crippen molar-refractivity contribution in [3.8, 4) is 11.1 Å². The summed E-state index contributed by atoms with van der Waals surface area (Å²) in [5.74, 6) is 0.188. The van der Waals surface area contributed by atoms with Gasteiger partial charge in [-0.2, -0.15) is 18.3 Å². The second-order valence-corrected chi connectivity index (χ2v) is 4.38. The van der Waals surface area contributed by atoms with E-state index in [1.54, 1.807) is 24.3 Å². The number of nitrogens with two attached hydrogens (primary N) is 1. The maximum Gasteiger partial charge on any atom is 0.417 e. The molecule has 0 saturated heterocycles. The van der Waals surface area contributed by atoms with Crippen LogP contribution in [0.15, 0.2) is 42.5 Å². The number of rotatable bonds is 1. The van der Waals surface area contributed by atoms with Crippen LogP contribution in [0.1, 0.15) is 5.56 Å². The summed E-state index contributed by atoms with van der Waals surface area (Å²) >= 11 is 0. The Bertz CT molecular complexity index is 775. The molecule has 1 aromatic heterocycles. The van der Waals surface area contributed by atoms with Gasteiger partial charge in [0, 0.05) is 0 Å². The van der Waals surface area contributed by atoms with Gasteiger partial charge in [0.1, 0.15) is 0 Å². The quantitative estimate of drug-likeness (QED) is 0.710. The number of benzene rings is 2. The third-order valence-electron chi connectivity index (χ3n) is 3.14. The molecular formula is C14H10F3N3. The highest BCUT2D eigenvalue weighted by Crippen LogP contribution is 2.40. The lowest BCUT2D eigenvalue weighted by atomic mass is 9.96. The molecule has 0 fully saturated rings. The van der Waals surface area contributed by atoms with E-state index < -0.39 is 11.7 Å². The number of H-pyrrole nitrogens is 1. The molecule has 0 spiro atoms. The van der Waals surface area contributed by atoms with Crippen molar-refractivity contribution in [2.24, 2.45) is 0 Å². The Labute approximate surface area is 112 Å². The number of alkyl halides is 3.